The van der Waals surface area contributed by atoms with Gasteiger partial charge < -0.3 is 5.73 Å². The molecule has 0 unspecified atom stereocenters. The highest BCUT2D eigenvalue weighted by Gasteiger charge is 2.30. The molecular formula is C13H9F4N. The van der Waals surface area contributed by atoms with Crippen LogP contribution in [-0.4, -0.2) is 0 Å². The van der Waals surface area contributed by atoms with E-state index < -0.39 is 17.6 Å². The number of nitrogens with two attached hydrogens (primary N) is 1. The van der Waals surface area contributed by atoms with Crippen LogP contribution in [0.25, 0.3) is 11.1 Å². The molecule has 18 heavy (non-hydrogen) atoms. The molecule has 2 aromatic carbocycles. The zero-order valence-electron chi connectivity index (χ0n) is 9.13. The van der Waals surface area contributed by atoms with Gasteiger partial charge in [-0.1, -0.05) is 24.3 Å². The Morgan fingerprint density at radius 2 is 1.61 bits per heavy atom. The molecule has 0 heterocycles. The summed E-state index contributed by atoms with van der Waals surface area (Å²) < 4.78 is 51.3. The molecule has 5 heteroatoms. The third-order valence-electron chi connectivity index (χ3n) is 2.53. The van der Waals surface area contributed by atoms with E-state index in [-0.39, 0.29) is 16.8 Å². The van der Waals surface area contributed by atoms with E-state index in [0.717, 1.165) is 12.1 Å². The number of halogens is 4. The SMILES string of the molecule is Nc1cccc(-c2cccc(C(F)(F)F)c2)c1F. The summed E-state index contributed by atoms with van der Waals surface area (Å²) in [4.78, 5) is 0. The van der Waals surface area contributed by atoms with E-state index in [9.17, 15) is 17.6 Å². The molecule has 0 saturated heterocycles. The summed E-state index contributed by atoms with van der Waals surface area (Å²) in [6, 6.07) is 8.72. The standard InChI is InChI=1S/C13H9F4N/c14-12-10(5-2-6-11(12)18)8-3-1-4-9(7-8)13(15,16)17/h1-7H,18H2. The maximum atomic E-state index is 13.7. The smallest absolute Gasteiger partial charge is 0.396 e. The minimum Gasteiger partial charge on any atom is -0.396 e. The van der Waals surface area contributed by atoms with Crippen molar-refractivity contribution < 1.29 is 17.6 Å². The molecule has 2 N–H and O–H groups in total. The lowest BCUT2D eigenvalue weighted by Gasteiger charge is -2.10. The Kier molecular flexibility index (Phi) is 2.98. The molecule has 0 atom stereocenters. The number of alkyl halides is 3. The molecule has 0 aliphatic rings. The predicted octanol–water partition coefficient (Wildman–Crippen LogP) is 4.09. The van der Waals surface area contributed by atoms with Gasteiger partial charge in [-0.15, -0.1) is 0 Å². The largest absolute Gasteiger partial charge is 0.416 e. The number of benzene rings is 2. The molecule has 0 bridgehead atoms. The van der Waals surface area contributed by atoms with Crippen molar-refractivity contribution in [1.82, 2.24) is 0 Å². The number of hydrogen-bond acceptors (Lipinski definition) is 1. The third-order valence-corrected chi connectivity index (χ3v) is 2.53. The Labute approximate surface area is 101 Å². The Bertz CT molecular complexity index is 575. The van der Waals surface area contributed by atoms with E-state index in [0.29, 0.717) is 0 Å². The van der Waals surface area contributed by atoms with Crippen molar-refractivity contribution in [2.24, 2.45) is 0 Å². The maximum Gasteiger partial charge on any atom is 0.416 e. The van der Waals surface area contributed by atoms with Gasteiger partial charge in [0, 0.05) is 5.56 Å². The molecule has 0 radical (unpaired) electrons. The summed E-state index contributed by atoms with van der Waals surface area (Å²) in [5, 5.41) is 0. The highest BCUT2D eigenvalue weighted by molar-refractivity contribution is 5.69. The molecule has 2 aromatic rings. The third kappa shape index (κ3) is 2.30. The van der Waals surface area contributed by atoms with E-state index in [1.54, 1.807) is 0 Å². The van der Waals surface area contributed by atoms with Crippen LogP contribution in [-0.2, 0) is 6.18 Å². The van der Waals surface area contributed by atoms with Crippen LogP contribution in [0, 0.1) is 5.82 Å². The van der Waals surface area contributed by atoms with Crippen LogP contribution >= 0.6 is 0 Å². The van der Waals surface area contributed by atoms with Crippen molar-refractivity contribution in [2.45, 2.75) is 6.18 Å². The van der Waals surface area contributed by atoms with Crippen LogP contribution in [0.2, 0.25) is 0 Å². The molecule has 0 amide bonds. The van der Waals surface area contributed by atoms with Crippen molar-refractivity contribution >= 4 is 5.69 Å². The molecule has 1 nitrogen and oxygen atoms in total. The van der Waals surface area contributed by atoms with Gasteiger partial charge in [0.25, 0.3) is 0 Å². The molecule has 0 saturated carbocycles. The molecular weight excluding hydrogens is 246 g/mol. The van der Waals surface area contributed by atoms with Crippen LogP contribution in [0.1, 0.15) is 5.56 Å². The lowest BCUT2D eigenvalue weighted by Crippen LogP contribution is -2.04. The average Bonchev–Trinajstić information content (AvgIpc) is 2.32. The fourth-order valence-corrected chi connectivity index (χ4v) is 1.64. The van der Waals surface area contributed by atoms with Gasteiger partial charge in [-0.2, -0.15) is 13.2 Å². The first-order chi connectivity index (χ1) is 8.39. The number of nitrogen functional groups attached to an aromatic ring is 1. The zero-order valence-corrected chi connectivity index (χ0v) is 9.13. The second kappa shape index (κ2) is 4.33. The fourth-order valence-electron chi connectivity index (χ4n) is 1.64. The first-order valence-electron chi connectivity index (χ1n) is 5.11. The van der Waals surface area contributed by atoms with Crippen molar-refractivity contribution in [3.63, 3.8) is 0 Å². The van der Waals surface area contributed by atoms with E-state index in [1.165, 1.54) is 30.3 Å². The minimum atomic E-state index is -4.45. The minimum absolute atomic E-state index is 0.0566. The fraction of sp³-hybridized carbons (Fsp3) is 0.0769. The van der Waals surface area contributed by atoms with Crippen molar-refractivity contribution in [3.05, 3.63) is 53.8 Å². The monoisotopic (exact) mass is 255 g/mol. The molecule has 2 rings (SSSR count). The quantitative estimate of drug-likeness (QED) is 0.602. The first-order valence-corrected chi connectivity index (χ1v) is 5.11. The molecule has 94 valence electrons. The first kappa shape index (κ1) is 12.4. The van der Waals surface area contributed by atoms with Crippen molar-refractivity contribution in [2.75, 3.05) is 5.73 Å². The Hall–Kier alpha value is -2.04. The van der Waals surface area contributed by atoms with Gasteiger partial charge in [0.05, 0.1) is 11.3 Å². The summed E-state index contributed by atoms with van der Waals surface area (Å²) in [5.41, 5.74) is 4.68. The van der Waals surface area contributed by atoms with Gasteiger partial charge in [0.2, 0.25) is 0 Å². The van der Waals surface area contributed by atoms with Gasteiger partial charge >= 0.3 is 6.18 Å². The Morgan fingerprint density at radius 3 is 2.28 bits per heavy atom. The Balaban J connectivity index is 2.55. The van der Waals surface area contributed by atoms with E-state index in [4.69, 9.17) is 5.73 Å². The van der Waals surface area contributed by atoms with Crippen LogP contribution < -0.4 is 5.73 Å². The van der Waals surface area contributed by atoms with E-state index in [2.05, 4.69) is 0 Å². The lowest BCUT2D eigenvalue weighted by molar-refractivity contribution is -0.137. The van der Waals surface area contributed by atoms with Gasteiger partial charge in [0.15, 0.2) is 5.82 Å². The van der Waals surface area contributed by atoms with Crippen LogP contribution in [0.3, 0.4) is 0 Å². The number of hydrogen-bond donors (Lipinski definition) is 1. The van der Waals surface area contributed by atoms with Gasteiger partial charge in [-0.25, -0.2) is 4.39 Å². The second-order valence-electron chi connectivity index (χ2n) is 3.79. The molecule has 0 aromatic heterocycles. The number of anilines is 1. The Morgan fingerprint density at radius 1 is 0.944 bits per heavy atom. The maximum absolute atomic E-state index is 13.7. The molecule has 0 spiro atoms. The highest BCUT2D eigenvalue weighted by Crippen LogP contribution is 2.33. The van der Waals surface area contributed by atoms with Crippen LogP contribution in [0.5, 0.6) is 0 Å². The van der Waals surface area contributed by atoms with Crippen molar-refractivity contribution in [1.29, 1.82) is 0 Å². The van der Waals surface area contributed by atoms with Gasteiger partial charge in [-0.3, -0.25) is 0 Å². The molecule has 0 fully saturated rings. The molecule has 0 aliphatic carbocycles. The normalized spacial score (nSPS) is 11.6. The number of rotatable bonds is 1. The average molecular weight is 255 g/mol. The van der Waals surface area contributed by atoms with Crippen LogP contribution in [0.4, 0.5) is 23.2 Å². The van der Waals surface area contributed by atoms with E-state index >= 15 is 0 Å². The second-order valence-corrected chi connectivity index (χ2v) is 3.79. The van der Waals surface area contributed by atoms with Gasteiger partial charge in [-0.05, 0) is 23.8 Å². The summed E-state index contributed by atoms with van der Waals surface area (Å²) >= 11 is 0. The highest BCUT2D eigenvalue weighted by atomic mass is 19.4. The van der Waals surface area contributed by atoms with Crippen molar-refractivity contribution in [3.8, 4) is 11.1 Å². The summed E-state index contributed by atoms with van der Waals surface area (Å²) in [5.74, 6) is -0.711. The topological polar surface area (TPSA) is 26.0 Å². The zero-order chi connectivity index (χ0) is 13.3. The summed E-state index contributed by atoms with van der Waals surface area (Å²) in [6.07, 6.45) is -4.45. The van der Waals surface area contributed by atoms with Gasteiger partial charge in [0.1, 0.15) is 0 Å². The van der Waals surface area contributed by atoms with E-state index in [1.807, 2.05) is 0 Å². The summed E-state index contributed by atoms with van der Waals surface area (Å²) in [7, 11) is 0. The molecule has 0 aliphatic heterocycles. The summed E-state index contributed by atoms with van der Waals surface area (Å²) in [6.45, 7) is 0. The van der Waals surface area contributed by atoms with Crippen LogP contribution in [0.15, 0.2) is 42.5 Å². The lowest BCUT2D eigenvalue weighted by atomic mass is 10.0. The predicted molar refractivity (Wildman–Crippen MR) is 61.3 cm³/mol.